The molecule has 0 radical (unpaired) electrons. The van der Waals surface area contributed by atoms with Crippen molar-refractivity contribution in [1.82, 2.24) is 5.32 Å². The summed E-state index contributed by atoms with van der Waals surface area (Å²) in [7, 11) is 0. The highest BCUT2D eigenvalue weighted by molar-refractivity contribution is 5.14. The minimum absolute atomic E-state index is 0.109. The molecule has 0 aromatic heterocycles. The van der Waals surface area contributed by atoms with Crippen molar-refractivity contribution in [3.8, 4) is 6.07 Å². The van der Waals surface area contributed by atoms with E-state index in [0.717, 1.165) is 39.1 Å². The van der Waals surface area contributed by atoms with Crippen LogP contribution in [0, 0.1) is 22.2 Å². The quantitative estimate of drug-likeness (QED) is 0.755. The third-order valence-electron chi connectivity index (χ3n) is 4.09. The van der Waals surface area contributed by atoms with Gasteiger partial charge in [-0.05, 0) is 18.4 Å². The molecule has 1 aromatic rings. The van der Waals surface area contributed by atoms with Crippen LogP contribution >= 0.6 is 0 Å². The van der Waals surface area contributed by atoms with E-state index in [1.165, 1.54) is 5.56 Å². The summed E-state index contributed by atoms with van der Waals surface area (Å²) in [5, 5.41) is 12.3. The number of nitrogens with zero attached hydrogens (tertiary/aromatic N) is 1. The Hall–Kier alpha value is -1.37. The first kappa shape index (κ1) is 16.0. The van der Waals surface area contributed by atoms with Crippen LogP contribution in [0.5, 0.6) is 0 Å². The molecule has 1 fully saturated rings. The third kappa shape index (κ3) is 5.49. The maximum absolute atomic E-state index is 8.81. The van der Waals surface area contributed by atoms with Gasteiger partial charge in [-0.3, -0.25) is 0 Å². The lowest BCUT2D eigenvalue weighted by molar-refractivity contribution is 0.0347. The highest BCUT2D eigenvalue weighted by atomic mass is 16.5. The second kappa shape index (κ2) is 7.06. The van der Waals surface area contributed by atoms with E-state index < -0.39 is 0 Å². The Morgan fingerprint density at radius 3 is 2.62 bits per heavy atom. The molecule has 0 saturated heterocycles. The average Bonchev–Trinajstić information content (AvgIpc) is 3.20. The van der Waals surface area contributed by atoms with Gasteiger partial charge in [0.2, 0.25) is 0 Å². The molecule has 1 aliphatic rings. The zero-order valence-electron chi connectivity index (χ0n) is 13.2. The molecule has 3 heteroatoms. The van der Waals surface area contributed by atoms with Crippen LogP contribution in [0.25, 0.3) is 0 Å². The molecule has 114 valence electrons. The fourth-order valence-corrected chi connectivity index (χ4v) is 2.45. The van der Waals surface area contributed by atoms with E-state index in [-0.39, 0.29) is 10.8 Å². The maximum atomic E-state index is 8.81. The molecule has 1 aliphatic carbocycles. The van der Waals surface area contributed by atoms with Crippen LogP contribution in [-0.4, -0.2) is 19.8 Å². The van der Waals surface area contributed by atoms with Crippen molar-refractivity contribution in [2.24, 2.45) is 10.8 Å². The van der Waals surface area contributed by atoms with E-state index in [1.54, 1.807) is 0 Å². The Balaban J connectivity index is 1.64. The van der Waals surface area contributed by atoms with Crippen molar-refractivity contribution in [2.75, 3.05) is 19.8 Å². The Labute approximate surface area is 128 Å². The Morgan fingerprint density at radius 1 is 1.29 bits per heavy atom. The smallest absolute Gasteiger partial charge is 0.0628 e. The summed E-state index contributed by atoms with van der Waals surface area (Å²) < 4.78 is 5.89. The predicted octanol–water partition coefficient (Wildman–Crippen LogP) is 3.51. The molecule has 0 amide bonds. The van der Waals surface area contributed by atoms with Gasteiger partial charge >= 0.3 is 0 Å². The zero-order chi connectivity index (χ0) is 15.2. The summed E-state index contributed by atoms with van der Waals surface area (Å²) in [5.41, 5.74) is 1.60. The van der Waals surface area contributed by atoms with Crippen LogP contribution in [-0.2, 0) is 11.3 Å². The fraction of sp³-hybridized carbons (Fsp3) is 0.611. The summed E-state index contributed by atoms with van der Waals surface area (Å²) in [5.74, 6) is 0. The summed E-state index contributed by atoms with van der Waals surface area (Å²) >= 11 is 0. The summed E-state index contributed by atoms with van der Waals surface area (Å²) in [4.78, 5) is 0. The van der Waals surface area contributed by atoms with Crippen LogP contribution in [0.3, 0.4) is 0 Å². The zero-order valence-corrected chi connectivity index (χ0v) is 13.2. The van der Waals surface area contributed by atoms with Gasteiger partial charge in [-0.25, -0.2) is 0 Å². The third-order valence-corrected chi connectivity index (χ3v) is 4.09. The van der Waals surface area contributed by atoms with E-state index in [2.05, 4.69) is 49.5 Å². The van der Waals surface area contributed by atoms with Gasteiger partial charge in [0.05, 0.1) is 19.3 Å². The Kier molecular flexibility index (Phi) is 5.39. The lowest BCUT2D eigenvalue weighted by Crippen LogP contribution is -2.33. The number of nitriles is 1. The molecule has 1 aromatic carbocycles. The van der Waals surface area contributed by atoms with Gasteiger partial charge in [-0.1, -0.05) is 44.2 Å². The van der Waals surface area contributed by atoms with Crippen molar-refractivity contribution in [3.05, 3.63) is 35.9 Å². The highest BCUT2D eigenvalue weighted by Crippen LogP contribution is 2.48. The first-order valence-corrected chi connectivity index (χ1v) is 7.75. The van der Waals surface area contributed by atoms with Crippen LogP contribution in [0.2, 0.25) is 0 Å². The topological polar surface area (TPSA) is 45.0 Å². The van der Waals surface area contributed by atoms with Crippen molar-refractivity contribution < 1.29 is 4.74 Å². The number of hydrogen-bond donors (Lipinski definition) is 1. The molecule has 2 rings (SSSR count). The number of nitrogens with one attached hydrogen (secondary N) is 1. The SMILES string of the molecule is CC(C)(CNCc1ccccc1)COCC1(CC#N)CC1. The molecule has 0 heterocycles. The standard InChI is InChI=1S/C18H26N2O/c1-17(2,13-20-12-16-6-4-3-5-7-16)14-21-15-18(8-9-18)10-11-19/h3-7,20H,8-10,12-15H2,1-2H3. The maximum Gasteiger partial charge on any atom is 0.0628 e. The molecule has 0 atom stereocenters. The normalized spacial score (nSPS) is 16.4. The minimum Gasteiger partial charge on any atom is -0.380 e. The number of ether oxygens (including phenoxy) is 1. The number of rotatable bonds is 9. The second-order valence-corrected chi connectivity index (χ2v) is 7.08. The average molecular weight is 286 g/mol. The molecular formula is C18H26N2O. The van der Waals surface area contributed by atoms with Gasteiger partial charge in [0.15, 0.2) is 0 Å². The largest absolute Gasteiger partial charge is 0.380 e. The monoisotopic (exact) mass is 286 g/mol. The Bertz CT molecular complexity index is 472. The molecule has 21 heavy (non-hydrogen) atoms. The van der Waals surface area contributed by atoms with E-state index >= 15 is 0 Å². The van der Waals surface area contributed by atoms with Gasteiger partial charge in [0.25, 0.3) is 0 Å². The summed E-state index contributed by atoms with van der Waals surface area (Å²) in [6.07, 6.45) is 2.93. The van der Waals surface area contributed by atoms with Gasteiger partial charge in [-0.2, -0.15) is 5.26 Å². The van der Waals surface area contributed by atoms with Crippen LogP contribution in [0.4, 0.5) is 0 Å². The minimum atomic E-state index is 0.109. The molecule has 1 saturated carbocycles. The van der Waals surface area contributed by atoms with Gasteiger partial charge in [-0.15, -0.1) is 0 Å². The van der Waals surface area contributed by atoms with Crippen LogP contribution < -0.4 is 5.32 Å². The van der Waals surface area contributed by atoms with E-state index in [9.17, 15) is 0 Å². The number of hydrogen-bond acceptors (Lipinski definition) is 3. The lowest BCUT2D eigenvalue weighted by atomic mass is 9.94. The van der Waals surface area contributed by atoms with Crippen LogP contribution in [0.15, 0.2) is 30.3 Å². The highest BCUT2D eigenvalue weighted by Gasteiger charge is 2.42. The molecule has 1 N–H and O–H groups in total. The molecule has 0 unspecified atom stereocenters. The lowest BCUT2D eigenvalue weighted by Gasteiger charge is -2.26. The van der Waals surface area contributed by atoms with Gasteiger partial charge in [0.1, 0.15) is 0 Å². The summed E-state index contributed by atoms with van der Waals surface area (Å²) in [6.45, 7) is 7.73. The molecule has 0 bridgehead atoms. The van der Waals surface area contributed by atoms with Gasteiger partial charge in [0, 0.05) is 30.3 Å². The summed E-state index contributed by atoms with van der Waals surface area (Å²) in [6, 6.07) is 12.7. The van der Waals surface area contributed by atoms with E-state index in [0.29, 0.717) is 6.42 Å². The number of benzene rings is 1. The van der Waals surface area contributed by atoms with Crippen molar-refractivity contribution in [1.29, 1.82) is 5.26 Å². The molecular weight excluding hydrogens is 260 g/mol. The van der Waals surface area contributed by atoms with Gasteiger partial charge < -0.3 is 10.1 Å². The first-order valence-electron chi connectivity index (χ1n) is 7.75. The van der Waals surface area contributed by atoms with Crippen molar-refractivity contribution in [2.45, 2.75) is 39.7 Å². The van der Waals surface area contributed by atoms with Crippen LogP contribution in [0.1, 0.15) is 38.7 Å². The van der Waals surface area contributed by atoms with Crippen molar-refractivity contribution in [3.63, 3.8) is 0 Å². The van der Waals surface area contributed by atoms with E-state index in [1.807, 2.05) is 6.07 Å². The second-order valence-electron chi connectivity index (χ2n) is 7.08. The molecule has 0 aliphatic heterocycles. The predicted molar refractivity (Wildman–Crippen MR) is 84.6 cm³/mol. The van der Waals surface area contributed by atoms with E-state index in [4.69, 9.17) is 10.00 Å². The molecule has 3 nitrogen and oxygen atoms in total. The first-order chi connectivity index (χ1) is 10.1. The molecule has 0 spiro atoms. The van der Waals surface area contributed by atoms with Crippen molar-refractivity contribution >= 4 is 0 Å². The fourth-order valence-electron chi connectivity index (χ4n) is 2.45. The Morgan fingerprint density at radius 2 is 2.00 bits per heavy atom.